The average molecular weight is 408 g/mol. The van der Waals surface area contributed by atoms with Crippen LogP contribution in [0.4, 0.5) is 5.69 Å². The number of benzene rings is 1. The molecule has 2 N–H and O–H groups in total. The van der Waals surface area contributed by atoms with E-state index in [4.69, 9.17) is 26.4 Å². The van der Waals surface area contributed by atoms with Crippen molar-refractivity contribution in [3.8, 4) is 0 Å². The number of carbonyl (C=O) groups is 2. The number of nitrogens with two attached hydrogens (primary N) is 1. The molecule has 0 bridgehead atoms. The third-order valence-electron chi connectivity index (χ3n) is 2.68. The molecule has 0 heterocycles. The second-order valence-electron chi connectivity index (χ2n) is 4.41. The van der Waals surface area contributed by atoms with Gasteiger partial charge in [-0.3, -0.25) is 19.5 Å². The molecule has 0 saturated carbocycles. The molecule has 0 saturated heterocycles. The Balaban J connectivity index is 3.14. The van der Waals surface area contributed by atoms with E-state index in [9.17, 15) is 24.3 Å². The molecular weight excluding hydrogens is 393 g/mol. The molecule has 142 valence electrons. The van der Waals surface area contributed by atoms with E-state index in [1.165, 1.54) is 13.8 Å². The molecule has 1 amide bonds. The second kappa shape index (κ2) is 9.39. The van der Waals surface area contributed by atoms with Crippen LogP contribution in [-0.4, -0.2) is 35.5 Å². The summed E-state index contributed by atoms with van der Waals surface area (Å²) in [5, 5.41) is 13.6. The number of rotatable bonds is 9. The van der Waals surface area contributed by atoms with Gasteiger partial charge in [-0.25, -0.2) is 4.79 Å². The number of amides is 1. The molecular formula is C13H15ClN3O8P. The summed E-state index contributed by atoms with van der Waals surface area (Å²) in [6.07, 6.45) is 0. The zero-order valence-corrected chi connectivity index (χ0v) is 15.4. The fraction of sp³-hybridized carbons (Fsp3) is 0.308. The van der Waals surface area contributed by atoms with Crippen molar-refractivity contribution in [3.05, 3.63) is 38.9 Å². The predicted molar refractivity (Wildman–Crippen MR) is 91.0 cm³/mol. The van der Waals surface area contributed by atoms with Crippen LogP contribution in [0, 0.1) is 10.1 Å². The van der Waals surface area contributed by atoms with Gasteiger partial charge in [0.25, 0.3) is 17.0 Å². The van der Waals surface area contributed by atoms with Gasteiger partial charge in [-0.2, -0.15) is 0 Å². The topological polar surface area (TPSA) is 160 Å². The lowest BCUT2D eigenvalue weighted by molar-refractivity contribution is -0.384. The highest BCUT2D eigenvalue weighted by atomic mass is 35.5. The number of oxime groups is 1. The van der Waals surface area contributed by atoms with Gasteiger partial charge >= 0.3 is 13.6 Å². The first-order chi connectivity index (χ1) is 12.2. The molecule has 0 radical (unpaired) electrons. The number of non-ortho nitro benzene ring substituents is 1. The van der Waals surface area contributed by atoms with Gasteiger partial charge in [0.05, 0.1) is 28.7 Å². The minimum atomic E-state index is -4.19. The summed E-state index contributed by atoms with van der Waals surface area (Å²) in [7, 11) is -4.19. The molecule has 0 aliphatic heterocycles. The van der Waals surface area contributed by atoms with Gasteiger partial charge in [0.1, 0.15) is 0 Å². The standard InChI is InChI=1S/C13H15ClN3O8P/c1-3-23-26(22,24-4-2)12(11(15)18)16-25-13(19)9-6-5-8(17(20)21)7-10(9)14/h5-7H,3-4H2,1-2H3,(H2,15,18)/b16-12+. The van der Waals surface area contributed by atoms with E-state index in [1.807, 2.05) is 0 Å². The van der Waals surface area contributed by atoms with Crippen LogP contribution in [0.3, 0.4) is 0 Å². The summed E-state index contributed by atoms with van der Waals surface area (Å²) in [6.45, 7) is 2.80. The van der Waals surface area contributed by atoms with Crippen molar-refractivity contribution in [2.45, 2.75) is 13.8 Å². The zero-order chi connectivity index (χ0) is 19.9. The molecule has 1 aromatic rings. The van der Waals surface area contributed by atoms with Crippen LogP contribution >= 0.6 is 19.2 Å². The van der Waals surface area contributed by atoms with Crippen LogP contribution in [0.15, 0.2) is 23.4 Å². The van der Waals surface area contributed by atoms with Gasteiger partial charge in [-0.05, 0) is 19.9 Å². The molecule has 0 unspecified atom stereocenters. The molecule has 0 atom stereocenters. The maximum absolute atomic E-state index is 12.5. The first-order valence-corrected chi connectivity index (χ1v) is 9.01. The van der Waals surface area contributed by atoms with E-state index < -0.39 is 29.8 Å². The Hall–Kier alpha value is -2.33. The molecule has 1 rings (SSSR count). The maximum Gasteiger partial charge on any atom is 0.388 e. The first kappa shape index (κ1) is 21.7. The number of hydrogen-bond acceptors (Lipinski definition) is 9. The summed E-state index contributed by atoms with van der Waals surface area (Å²) >= 11 is 5.79. The van der Waals surface area contributed by atoms with E-state index in [1.54, 1.807) is 0 Å². The van der Waals surface area contributed by atoms with Crippen LogP contribution in [0.2, 0.25) is 5.02 Å². The molecule has 0 spiro atoms. The van der Waals surface area contributed by atoms with Crippen molar-refractivity contribution >= 4 is 42.2 Å². The van der Waals surface area contributed by atoms with E-state index in [2.05, 4.69) is 9.99 Å². The number of halogens is 1. The Labute approximate surface area is 152 Å². The first-order valence-electron chi connectivity index (χ1n) is 7.09. The number of nitrogens with zero attached hydrogens (tertiary/aromatic N) is 2. The number of carbonyl (C=O) groups excluding carboxylic acids is 2. The number of primary amides is 1. The molecule has 0 aromatic heterocycles. The van der Waals surface area contributed by atoms with Gasteiger partial charge in [-0.15, -0.1) is 0 Å². The molecule has 0 aliphatic rings. The van der Waals surface area contributed by atoms with Crippen LogP contribution < -0.4 is 5.73 Å². The van der Waals surface area contributed by atoms with E-state index in [0.717, 1.165) is 18.2 Å². The van der Waals surface area contributed by atoms with Crippen molar-refractivity contribution in [1.82, 2.24) is 0 Å². The Bertz CT molecular complexity index is 788. The summed E-state index contributed by atoms with van der Waals surface area (Å²) in [4.78, 5) is 38.0. The lowest BCUT2D eigenvalue weighted by Crippen LogP contribution is -2.26. The summed E-state index contributed by atoms with van der Waals surface area (Å²) in [5.74, 6) is -2.44. The Morgan fingerprint density at radius 3 is 2.31 bits per heavy atom. The van der Waals surface area contributed by atoms with Gasteiger partial charge in [0.2, 0.25) is 0 Å². The second-order valence-corrected chi connectivity index (χ2v) is 6.75. The van der Waals surface area contributed by atoms with Crippen LogP contribution in [-0.2, 0) is 23.2 Å². The quantitative estimate of drug-likeness (QED) is 0.214. The third-order valence-corrected chi connectivity index (χ3v) is 5.01. The fourth-order valence-electron chi connectivity index (χ4n) is 1.65. The molecule has 13 heteroatoms. The Morgan fingerprint density at radius 2 is 1.88 bits per heavy atom. The lowest BCUT2D eigenvalue weighted by atomic mass is 10.2. The monoisotopic (exact) mass is 407 g/mol. The summed E-state index contributed by atoms with van der Waals surface area (Å²) < 4.78 is 22.3. The highest BCUT2D eigenvalue weighted by molar-refractivity contribution is 7.75. The van der Waals surface area contributed by atoms with Crippen molar-refractivity contribution in [3.63, 3.8) is 0 Å². The highest BCUT2D eigenvalue weighted by Crippen LogP contribution is 2.49. The van der Waals surface area contributed by atoms with E-state index in [-0.39, 0.29) is 29.5 Å². The van der Waals surface area contributed by atoms with Gasteiger partial charge in [0, 0.05) is 12.1 Å². The third kappa shape index (κ3) is 5.33. The molecule has 0 fully saturated rings. The van der Waals surface area contributed by atoms with E-state index >= 15 is 0 Å². The Kier molecular flexibility index (Phi) is 7.84. The molecule has 0 aliphatic carbocycles. The normalized spacial score (nSPS) is 11.9. The maximum atomic E-state index is 12.5. The minimum absolute atomic E-state index is 0.0916. The van der Waals surface area contributed by atoms with Crippen molar-refractivity contribution in [2.24, 2.45) is 10.9 Å². The van der Waals surface area contributed by atoms with Crippen LogP contribution in [0.5, 0.6) is 0 Å². The van der Waals surface area contributed by atoms with E-state index in [0.29, 0.717) is 0 Å². The lowest BCUT2D eigenvalue weighted by Gasteiger charge is -2.16. The van der Waals surface area contributed by atoms with Crippen molar-refractivity contribution in [1.29, 1.82) is 0 Å². The smallest absolute Gasteiger partial charge is 0.364 e. The zero-order valence-electron chi connectivity index (χ0n) is 13.7. The largest absolute Gasteiger partial charge is 0.388 e. The van der Waals surface area contributed by atoms with Gasteiger partial charge in [0.15, 0.2) is 0 Å². The van der Waals surface area contributed by atoms with Crippen LogP contribution in [0.1, 0.15) is 24.2 Å². The summed E-state index contributed by atoms with van der Waals surface area (Å²) in [5.41, 5.74) is 3.57. The molecule has 26 heavy (non-hydrogen) atoms. The fourth-order valence-corrected chi connectivity index (χ4v) is 3.31. The van der Waals surface area contributed by atoms with Crippen molar-refractivity contribution in [2.75, 3.05) is 13.2 Å². The minimum Gasteiger partial charge on any atom is -0.364 e. The number of nitro groups is 1. The Morgan fingerprint density at radius 1 is 1.31 bits per heavy atom. The molecule has 1 aromatic carbocycles. The average Bonchev–Trinajstić information content (AvgIpc) is 2.54. The SMILES string of the molecule is CCOP(=O)(OCC)/C(=N/OC(=O)c1ccc([N+](=O)[O-])cc1Cl)C(N)=O. The van der Waals surface area contributed by atoms with Gasteiger partial charge in [-0.1, -0.05) is 16.8 Å². The highest BCUT2D eigenvalue weighted by Gasteiger charge is 2.37. The van der Waals surface area contributed by atoms with Gasteiger partial charge < -0.3 is 19.6 Å². The van der Waals surface area contributed by atoms with Crippen LogP contribution in [0.25, 0.3) is 0 Å². The number of hydrogen-bond donors (Lipinski definition) is 1. The summed E-state index contributed by atoms with van der Waals surface area (Å²) in [6, 6.07) is 2.99. The predicted octanol–water partition coefficient (Wildman–Crippen LogP) is 2.47. The molecule has 11 nitrogen and oxygen atoms in total. The number of nitro benzene ring substituents is 1. The van der Waals surface area contributed by atoms with Crippen molar-refractivity contribution < 1.29 is 33.0 Å².